The van der Waals surface area contributed by atoms with Crippen molar-refractivity contribution in [2.45, 2.75) is 19.9 Å². The van der Waals surface area contributed by atoms with Gasteiger partial charge >= 0.3 is 0 Å². The van der Waals surface area contributed by atoms with Gasteiger partial charge in [0.2, 0.25) is 0 Å². The molecule has 0 fully saturated rings. The maximum Gasteiger partial charge on any atom is 0.258 e. The van der Waals surface area contributed by atoms with Gasteiger partial charge in [0.05, 0.1) is 23.0 Å². The Hall–Kier alpha value is -3.25. The fraction of sp³-hybridized carbons (Fsp3) is 0.182. The predicted molar refractivity (Wildman–Crippen MR) is 114 cm³/mol. The quantitative estimate of drug-likeness (QED) is 0.539. The molecule has 0 saturated heterocycles. The number of fused-ring (bicyclic) bond motifs is 2. The SMILES string of the molecule is CCCN(Cc1nc2cc(Cl)ccc2c(=O)[nH]1)C(=O)c1cccc2ncccc12. The third-order valence-corrected chi connectivity index (χ3v) is 4.95. The molecule has 0 aliphatic rings. The molecule has 4 rings (SSSR count). The number of nitrogens with zero attached hydrogens (tertiary/aromatic N) is 3. The van der Waals surface area contributed by atoms with Crippen molar-refractivity contribution in [2.24, 2.45) is 0 Å². The van der Waals surface area contributed by atoms with Crippen molar-refractivity contribution >= 4 is 39.3 Å². The Morgan fingerprint density at radius 1 is 1.10 bits per heavy atom. The van der Waals surface area contributed by atoms with Crippen LogP contribution in [0, 0.1) is 0 Å². The molecule has 0 aliphatic carbocycles. The number of benzene rings is 2. The Balaban J connectivity index is 1.72. The van der Waals surface area contributed by atoms with Crippen molar-refractivity contribution in [1.29, 1.82) is 0 Å². The Morgan fingerprint density at radius 3 is 2.79 bits per heavy atom. The normalized spacial score (nSPS) is 11.1. The first-order chi connectivity index (χ1) is 14.1. The predicted octanol–water partition coefficient (Wildman–Crippen LogP) is 4.18. The van der Waals surface area contributed by atoms with Crippen LogP contribution in [0.25, 0.3) is 21.8 Å². The number of pyridine rings is 1. The summed E-state index contributed by atoms with van der Waals surface area (Å²) in [6.45, 7) is 2.73. The number of aromatic amines is 1. The van der Waals surface area contributed by atoms with Gasteiger partial charge in [-0.05, 0) is 42.8 Å². The van der Waals surface area contributed by atoms with Crippen LogP contribution in [0.5, 0.6) is 0 Å². The highest BCUT2D eigenvalue weighted by Gasteiger charge is 2.19. The topological polar surface area (TPSA) is 79.0 Å². The van der Waals surface area contributed by atoms with Gasteiger partial charge < -0.3 is 9.88 Å². The lowest BCUT2D eigenvalue weighted by molar-refractivity contribution is 0.0741. The van der Waals surface area contributed by atoms with E-state index in [0.717, 1.165) is 17.3 Å². The molecule has 0 spiro atoms. The first kappa shape index (κ1) is 19.1. The van der Waals surface area contributed by atoms with Gasteiger partial charge in [0.25, 0.3) is 11.5 Å². The summed E-state index contributed by atoms with van der Waals surface area (Å²) in [6.07, 6.45) is 2.48. The molecule has 0 bridgehead atoms. The van der Waals surface area contributed by atoms with Gasteiger partial charge in [0.15, 0.2) is 0 Å². The number of halogens is 1. The average Bonchev–Trinajstić information content (AvgIpc) is 2.72. The van der Waals surface area contributed by atoms with E-state index in [-0.39, 0.29) is 18.0 Å². The maximum atomic E-state index is 13.3. The van der Waals surface area contributed by atoms with E-state index < -0.39 is 0 Å². The third kappa shape index (κ3) is 3.84. The van der Waals surface area contributed by atoms with E-state index in [2.05, 4.69) is 15.0 Å². The number of amides is 1. The van der Waals surface area contributed by atoms with Crippen molar-refractivity contribution < 1.29 is 4.79 Å². The van der Waals surface area contributed by atoms with E-state index in [1.807, 2.05) is 31.2 Å². The number of aromatic nitrogens is 3. The highest BCUT2D eigenvalue weighted by molar-refractivity contribution is 6.31. The zero-order chi connectivity index (χ0) is 20.4. The molecule has 0 aliphatic heterocycles. The Kier molecular flexibility index (Phi) is 5.27. The number of H-pyrrole nitrogens is 1. The molecule has 0 atom stereocenters. The fourth-order valence-corrected chi connectivity index (χ4v) is 3.57. The number of hydrogen-bond acceptors (Lipinski definition) is 4. The van der Waals surface area contributed by atoms with Crippen molar-refractivity contribution in [3.63, 3.8) is 0 Å². The summed E-state index contributed by atoms with van der Waals surface area (Å²) in [4.78, 5) is 39.0. The van der Waals surface area contributed by atoms with E-state index in [4.69, 9.17) is 11.6 Å². The lowest BCUT2D eigenvalue weighted by atomic mass is 10.1. The Morgan fingerprint density at radius 2 is 1.97 bits per heavy atom. The molecule has 2 heterocycles. The lowest BCUT2D eigenvalue weighted by Gasteiger charge is -2.22. The summed E-state index contributed by atoms with van der Waals surface area (Å²) in [5, 5.41) is 1.77. The van der Waals surface area contributed by atoms with Crippen LogP contribution in [0.3, 0.4) is 0 Å². The van der Waals surface area contributed by atoms with Crippen LogP contribution in [-0.4, -0.2) is 32.3 Å². The van der Waals surface area contributed by atoms with E-state index in [1.54, 1.807) is 35.4 Å². The van der Waals surface area contributed by atoms with Crippen LogP contribution in [-0.2, 0) is 6.54 Å². The van der Waals surface area contributed by atoms with Crippen molar-refractivity contribution in [3.05, 3.63) is 81.5 Å². The number of nitrogens with one attached hydrogen (secondary N) is 1. The smallest absolute Gasteiger partial charge is 0.258 e. The number of carbonyl (C=O) groups excluding carboxylic acids is 1. The van der Waals surface area contributed by atoms with Gasteiger partial charge in [-0.2, -0.15) is 0 Å². The monoisotopic (exact) mass is 406 g/mol. The molecule has 1 amide bonds. The van der Waals surface area contributed by atoms with E-state index >= 15 is 0 Å². The van der Waals surface area contributed by atoms with E-state index in [0.29, 0.717) is 33.9 Å². The minimum atomic E-state index is -0.250. The fourth-order valence-electron chi connectivity index (χ4n) is 3.40. The van der Waals surface area contributed by atoms with Gasteiger partial charge in [0, 0.05) is 28.7 Å². The molecule has 0 saturated carbocycles. The third-order valence-electron chi connectivity index (χ3n) is 4.72. The lowest BCUT2D eigenvalue weighted by Crippen LogP contribution is -2.33. The minimum absolute atomic E-state index is 0.126. The second-order valence-corrected chi connectivity index (χ2v) is 7.21. The molecule has 4 aromatic rings. The molecule has 146 valence electrons. The van der Waals surface area contributed by atoms with Crippen molar-refractivity contribution in [3.8, 4) is 0 Å². The molecule has 2 aromatic heterocycles. The van der Waals surface area contributed by atoms with Crippen molar-refractivity contribution in [2.75, 3.05) is 6.54 Å². The van der Waals surface area contributed by atoms with E-state index in [9.17, 15) is 9.59 Å². The molecule has 29 heavy (non-hydrogen) atoms. The highest BCUT2D eigenvalue weighted by Crippen LogP contribution is 2.20. The van der Waals surface area contributed by atoms with Gasteiger partial charge in [-0.15, -0.1) is 0 Å². The number of carbonyl (C=O) groups is 1. The number of rotatable bonds is 5. The zero-order valence-electron chi connectivity index (χ0n) is 15.9. The van der Waals surface area contributed by atoms with Gasteiger partial charge in [-0.3, -0.25) is 14.6 Å². The van der Waals surface area contributed by atoms with Crippen LogP contribution in [0.1, 0.15) is 29.5 Å². The van der Waals surface area contributed by atoms with E-state index in [1.165, 1.54) is 0 Å². The summed E-state index contributed by atoms with van der Waals surface area (Å²) in [5.41, 5.74) is 1.60. The van der Waals surface area contributed by atoms with Crippen LogP contribution >= 0.6 is 11.6 Å². The molecule has 7 heteroatoms. The molecule has 0 unspecified atom stereocenters. The molecular formula is C22H19ClN4O2. The molecule has 6 nitrogen and oxygen atoms in total. The maximum absolute atomic E-state index is 13.3. The van der Waals surface area contributed by atoms with Crippen LogP contribution in [0.2, 0.25) is 5.02 Å². The summed E-state index contributed by atoms with van der Waals surface area (Å²) in [6, 6.07) is 14.1. The summed E-state index contributed by atoms with van der Waals surface area (Å²) < 4.78 is 0. The highest BCUT2D eigenvalue weighted by atomic mass is 35.5. The molecule has 2 aromatic carbocycles. The first-order valence-electron chi connectivity index (χ1n) is 9.38. The molecule has 1 N–H and O–H groups in total. The van der Waals surface area contributed by atoms with Gasteiger partial charge in [0.1, 0.15) is 5.82 Å². The summed E-state index contributed by atoms with van der Waals surface area (Å²) in [5.74, 6) is 0.296. The Bertz CT molecular complexity index is 1260. The molecule has 0 radical (unpaired) electrons. The second kappa shape index (κ2) is 8.01. The van der Waals surface area contributed by atoms with Crippen LogP contribution < -0.4 is 5.56 Å². The zero-order valence-corrected chi connectivity index (χ0v) is 16.6. The summed E-state index contributed by atoms with van der Waals surface area (Å²) >= 11 is 6.04. The molecular weight excluding hydrogens is 388 g/mol. The number of hydrogen-bond donors (Lipinski definition) is 1. The van der Waals surface area contributed by atoms with Gasteiger partial charge in [-0.25, -0.2) is 4.98 Å². The average molecular weight is 407 g/mol. The first-order valence-corrected chi connectivity index (χ1v) is 9.76. The van der Waals surface area contributed by atoms with Crippen LogP contribution in [0.4, 0.5) is 0 Å². The second-order valence-electron chi connectivity index (χ2n) is 6.78. The standard InChI is InChI=1S/C22H19ClN4O2/c1-2-11-27(22(29)16-5-3-7-18-15(16)6-4-10-24-18)13-20-25-19-12-14(23)8-9-17(19)21(28)26-20/h3-10,12H,2,11,13H2,1H3,(H,25,26,28). The summed E-state index contributed by atoms with van der Waals surface area (Å²) in [7, 11) is 0. The largest absolute Gasteiger partial charge is 0.331 e. The van der Waals surface area contributed by atoms with Crippen LogP contribution in [0.15, 0.2) is 59.5 Å². The Labute approximate surface area is 172 Å². The van der Waals surface area contributed by atoms with Gasteiger partial charge in [-0.1, -0.05) is 30.7 Å². The minimum Gasteiger partial charge on any atom is -0.331 e. The van der Waals surface area contributed by atoms with Crippen molar-refractivity contribution in [1.82, 2.24) is 19.9 Å².